The second-order valence-electron chi connectivity index (χ2n) is 8.63. The first-order valence-corrected chi connectivity index (χ1v) is 11.6. The molecule has 178 valence electrons. The molecule has 2 aromatic rings. The lowest BCUT2D eigenvalue weighted by Crippen LogP contribution is -2.71. The van der Waals surface area contributed by atoms with Gasteiger partial charge in [0.2, 0.25) is 11.8 Å². The minimum Gasteiger partial charge on any atom is -0.480 e. The average molecular weight is 484 g/mol. The summed E-state index contributed by atoms with van der Waals surface area (Å²) < 4.78 is 4.55. The van der Waals surface area contributed by atoms with Crippen LogP contribution in [0.25, 0.3) is 0 Å². The van der Waals surface area contributed by atoms with Crippen LogP contribution in [0.3, 0.4) is 0 Å². The van der Waals surface area contributed by atoms with Crippen LogP contribution >= 0.6 is 11.8 Å². The molecule has 0 saturated carbocycles. The number of amides is 3. The maximum Gasteiger partial charge on any atom is 0.408 e. The van der Waals surface area contributed by atoms with E-state index in [-0.39, 0.29) is 6.61 Å². The van der Waals surface area contributed by atoms with Gasteiger partial charge in [0.05, 0.1) is 0 Å². The van der Waals surface area contributed by atoms with E-state index in [0.717, 1.165) is 5.56 Å². The Balaban J connectivity index is 1.45. The maximum atomic E-state index is 13.2. The molecular formula is C24H25N3O6S. The highest BCUT2D eigenvalue weighted by molar-refractivity contribution is 8.01. The maximum absolute atomic E-state index is 13.2. The number of alkyl carbamates (subject to hydrolysis) is 1. The standard InChI is InChI=1S/C24H25N3O6S/c1-24(2)18(22(30)31)27-20(29)17(21(27)34-24)25-19(28)16(15-11-7-4-8-12-15)26-23(32)33-13-14-9-5-3-6-10-14/h3-12,16-18,21H,13H2,1-2H3,(H,25,28)(H,26,32)(H,30,31)/t16?,17?,18-,21+/m0/s1. The number of aliphatic carboxylic acids is 1. The molecule has 10 heteroatoms. The molecule has 0 spiro atoms. The van der Waals surface area contributed by atoms with Crippen LogP contribution in [-0.4, -0.2) is 56.1 Å². The SMILES string of the molecule is CC1(C)S[C@@H]2C(NC(=O)C(NC(=O)OCc3ccccc3)c3ccccc3)C(=O)N2[C@H]1C(=O)O. The van der Waals surface area contributed by atoms with E-state index < -0.39 is 52.1 Å². The molecule has 2 heterocycles. The number of nitrogens with zero attached hydrogens (tertiary/aromatic N) is 1. The quantitative estimate of drug-likeness (QED) is 0.516. The minimum atomic E-state index is -1.10. The minimum absolute atomic E-state index is 0.0379. The molecule has 0 radical (unpaired) electrons. The summed E-state index contributed by atoms with van der Waals surface area (Å²) in [7, 11) is 0. The van der Waals surface area contributed by atoms with Crippen LogP contribution in [0, 0.1) is 0 Å². The highest BCUT2D eigenvalue weighted by Crippen LogP contribution is 2.50. The second-order valence-corrected chi connectivity index (χ2v) is 10.4. The molecule has 9 nitrogen and oxygen atoms in total. The molecule has 4 atom stereocenters. The molecule has 4 rings (SSSR count). The lowest BCUT2D eigenvalue weighted by atomic mass is 9.95. The van der Waals surface area contributed by atoms with Crippen LogP contribution in [0.1, 0.15) is 31.0 Å². The lowest BCUT2D eigenvalue weighted by Gasteiger charge is -2.43. The number of carbonyl (C=O) groups excluding carboxylic acids is 3. The number of thioether (sulfide) groups is 1. The van der Waals surface area contributed by atoms with Crippen LogP contribution < -0.4 is 10.6 Å². The monoisotopic (exact) mass is 483 g/mol. The molecular weight excluding hydrogens is 458 g/mol. The summed E-state index contributed by atoms with van der Waals surface area (Å²) in [4.78, 5) is 51.4. The summed E-state index contributed by atoms with van der Waals surface area (Å²) in [5.74, 6) is -2.12. The third kappa shape index (κ3) is 4.58. The van der Waals surface area contributed by atoms with Gasteiger partial charge < -0.3 is 25.4 Å². The Labute approximate surface area is 200 Å². The van der Waals surface area contributed by atoms with E-state index in [1.807, 2.05) is 30.3 Å². The Hall–Kier alpha value is -3.53. The Bertz CT molecular complexity index is 1090. The van der Waals surface area contributed by atoms with E-state index in [1.54, 1.807) is 44.2 Å². The molecule has 2 aromatic carbocycles. The van der Waals surface area contributed by atoms with Gasteiger partial charge in [-0.15, -0.1) is 11.8 Å². The average Bonchev–Trinajstić information content (AvgIpc) is 3.08. The summed E-state index contributed by atoms with van der Waals surface area (Å²) >= 11 is 1.33. The number of nitrogens with one attached hydrogen (secondary N) is 2. The van der Waals surface area contributed by atoms with E-state index >= 15 is 0 Å². The molecule has 3 N–H and O–H groups in total. The van der Waals surface area contributed by atoms with Gasteiger partial charge in [0.15, 0.2) is 0 Å². The number of carboxylic acids is 1. The van der Waals surface area contributed by atoms with Crippen LogP contribution in [0.4, 0.5) is 4.79 Å². The third-order valence-corrected chi connectivity index (χ3v) is 7.41. The molecule has 0 bridgehead atoms. The zero-order chi connectivity index (χ0) is 24.5. The fraction of sp³-hybridized carbons (Fsp3) is 0.333. The van der Waals surface area contributed by atoms with Crippen molar-refractivity contribution >= 4 is 35.6 Å². The fourth-order valence-electron chi connectivity index (χ4n) is 4.21. The molecule has 3 amide bonds. The number of carboxylic acid groups (broad SMARTS) is 1. The van der Waals surface area contributed by atoms with Crippen molar-refractivity contribution in [2.45, 2.75) is 48.7 Å². The van der Waals surface area contributed by atoms with Crippen molar-refractivity contribution in [1.82, 2.24) is 15.5 Å². The zero-order valence-corrected chi connectivity index (χ0v) is 19.5. The summed E-state index contributed by atoms with van der Waals surface area (Å²) in [6, 6.07) is 14.8. The number of ether oxygens (including phenoxy) is 1. The molecule has 2 fully saturated rings. The second kappa shape index (κ2) is 9.38. The third-order valence-electron chi connectivity index (χ3n) is 5.84. The Morgan fingerprint density at radius 3 is 2.32 bits per heavy atom. The van der Waals surface area contributed by atoms with Gasteiger partial charge in [-0.2, -0.15) is 0 Å². The Morgan fingerprint density at radius 2 is 1.71 bits per heavy atom. The fourth-order valence-corrected chi connectivity index (χ4v) is 5.84. The highest BCUT2D eigenvalue weighted by Gasteiger charge is 2.64. The first kappa shape index (κ1) is 23.6. The smallest absolute Gasteiger partial charge is 0.408 e. The van der Waals surface area contributed by atoms with Crippen LogP contribution in [0.15, 0.2) is 60.7 Å². The van der Waals surface area contributed by atoms with Crippen molar-refractivity contribution < 1.29 is 29.0 Å². The zero-order valence-electron chi connectivity index (χ0n) is 18.6. The molecule has 34 heavy (non-hydrogen) atoms. The van der Waals surface area contributed by atoms with Gasteiger partial charge >= 0.3 is 12.1 Å². The lowest BCUT2D eigenvalue weighted by molar-refractivity contribution is -0.161. The summed E-state index contributed by atoms with van der Waals surface area (Å²) in [6.07, 6.45) is -0.781. The van der Waals surface area contributed by atoms with Crippen LogP contribution in [0.2, 0.25) is 0 Å². The van der Waals surface area contributed by atoms with Gasteiger partial charge in [-0.1, -0.05) is 60.7 Å². The van der Waals surface area contributed by atoms with Crippen LogP contribution in [0.5, 0.6) is 0 Å². The largest absolute Gasteiger partial charge is 0.480 e. The molecule has 2 saturated heterocycles. The van der Waals surface area contributed by atoms with Gasteiger partial charge in [-0.25, -0.2) is 9.59 Å². The molecule has 2 aliphatic rings. The molecule has 0 aromatic heterocycles. The number of benzene rings is 2. The van der Waals surface area contributed by atoms with Crippen molar-refractivity contribution in [1.29, 1.82) is 0 Å². The number of hydrogen-bond donors (Lipinski definition) is 3. The molecule has 2 aliphatic heterocycles. The molecule has 2 unspecified atom stereocenters. The number of rotatable bonds is 7. The van der Waals surface area contributed by atoms with E-state index in [1.165, 1.54) is 16.7 Å². The van der Waals surface area contributed by atoms with Crippen LogP contribution in [-0.2, 0) is 25.7 Å². The summed E-state index contributed by atoms with van der Waals surface area (Å²) in [5, 5.41) is 14.4. The number of carbonyl (C=O) groups is 4. The van der Waals surface area contributed by atoms with Gasteiger partial charge in [0, 0.05) is 4.75 Å². The first-order valence-electron chi connectivity index (χ1n) is 10.7. The van der Waals surface area contributed by atoms with E-state index in [2.05, 4.69) is 10.6 Å². The predicted octanol–water partition coefficient (Wildman–Crippen LogP) is 2.29. The topological polar surface area (TPSA) is 125 Å². The summed E-state index contributed by atoms with van der Waals surface area (Å²) in [6.45, 7) is 3.56. The van der Waals surface area contributed by atoms with Gasteiger partial charge in [-0.05, 0) is 25.0 Å². The number of hydrogen-bond acceptors (Lipinski definition) is 6. The summed E-state index contributed by atoms with van der Waals surface area (Å²) in [5.41, 5.74) is 1.32. The van der Waals surface area contributed by atoms with Gasteiger partial charge in [0.1, 0.15) is 30.1 Å². The number of β-lactam (4-membered cyclic amide) rings is 1. The van der Waals surface area contributed by atoms with Gasteiger partial charge in [-0.3, -0.25) is 9.59 Å². The van der Waals surface area contributed by atoms with E-state index in [4.69, 9.17) is 4.74 Å². The highest BCUT2D eigenvalue weighted by atomic mass is 32.2. The first-order chi connectivity index (χ1) is 16.2. The van der Waals surface area contributed by atoms with Gasteiger partial charge in [0.25, 0.3) is 0 Å². The van der Waals surface area contributed by atoms with Crippen molar-refractivity contribution in [3.05, 3.63) is 71.8 Å². The Morgan fingerprint density at radius 1 is 1.09 bits per heavy atom. The van der Waals surface area contributed by atoms with E-state index in [9.17, 15) is 24.3 Å². The van der Waals surface area contributed by atoms with Crippen molar-refractivity contribution in [3.63, 3.8) is 0 Å². The van der Waals surface area contributed by atoms with E-state index in [0.29, 0.717) is 5.56 Å². The predicted molar refractivity (Wildman–Crippen MR) is 125 cm³/mol. The van der Waals surface area contributed by atoms with Crippen molar-refractivity contribution in [2.75, 3.05) is 0 Å². The normalized spacial score (nSPS) is 23.3. The number of fused-ring (bicyclic) bond motifs is 1. The van der Waals surface area contributed by atoms with Crippen molar-refractivity contribution in [3.8, 4) is 0 Å². The molecule has 0 aliphatic carbocycles. The Kier molecular flexibility index (Phi) is 6.52. The van der Waals surface area contributed by atoms with Crippen molar-refractivity contribution in [2.24, 2.45) is 0 Å².